The molecular formula is C17H37N3O. The molecule has 1 aliphatic rings. The van der Waals surface area contributed by atoms with Crippen molar-refractivity contribution >= 4 is 0 Å². The Bertz CT molecular complexity index is 296. The van der Waals surface area contributed by atoms with Gasteiger partial charge >= 0.3 is 0 Å². The third-order valence-corrected chi connectivity index (χ3v) is 4.46. The van der Waals surface area contributed by atoms with Gasteiger partial charge in [-0.15, -0.1) is 0 Å². The molecule has 0 amide bonds. The zero-order chi connectivity index (χ0) is 16.0. The lowest BCUT2D eigenvalue weighted by Crippen LogP contribution is -2.47. The SMILES string of the molecule is CCCC(C)(CNC(C)C)CN1CC(O)CC1CN(C)C. The highest BCUT2D eigenvalue weighted by Crippen LogP contribution is 2.29. The van der Waals surface area contributed by atoms with Crippen LogP contribution in [0.2, 0.25) is 0 Å². The van der Waals surface area contributed by atoms with Crippen LogP contribution in [0.3, 0.4) is 0 Å². The van der Waals surface area contributed by atoms with Crippen LogP contribution in [-0.4, -0.2) is 73.4 Å². The molecule has 4 nitrogen and oxygen atoms in total. The Hall–Kier alpha value is -0.160. The lowest BCUT2D eigenvalue weighted by Gasteiger charge is -2.37. The quantitative estimate of drug-likeness (QED) is 0.681. The van der Waals surface area contributed by atoms with Gasteiger partial charge in [-0.05, 0) is 32.4 Å². The summed E-state index contributed by atoms with van der Waals surface area (Å²) in [5.41, 5.74) is 0.285. The van der Waals surface area contributed by atoms with Crippen molar-refractivity contribution in [1.29, 1.82) is 0 Å². The third kappa shape index (κ3) is 6.64. The van der Waals surface area contributed by atoms with E-state index in [0.29, 0.717) is 12.1 Å². The molecule has 1 fully saturated rings. The van der Waals surface area contributed by atoms with E-state index in [1.165, 1.54) is 12.8 Å². The fraction of sp³-hybridized carbons (Fsp3) is 1.00. The summed E-state index contributed by atoms with van der Waals surface area (Å²) in [6.45, 7) is 13.1. The number of nitrogens with zero attached hydrogens (tertiary/aromatic N) is 2. The Kier molecular flexibility index (Phi) is 7.62. The molecule has 126 valence electrons. The van der Waals surface area contributed by atoms with Crippen molar-refractivity contribution in [1.82, 2.24) is 15.1 Å². The third-order valence-electron chi connectivity index (χ3n) is 4.46. The molecule has 0 radical (unpaired) electrons. The van der Waals surface area contributed by atoms with Crippen LogP contribution >= 0.6 is 0 Å². The van der Waals surface area contributed by atoms with Crippen molar-refractivity contribution in [2.24, 2.45) is 5.41 Å². The summed E-state index contributed by atoms with van der Waals surface area (Å²) in [7, 11) is 4.24. The van der Waals surface area contributed by atoms with Crippen molar-refractivity contribution in [2.75, 3.05) is 40.3 Å². The number of aliphatic hydroxyl groups excluding tert-OH is 1. The number of β-amino-alcohol motifs (C(OH)–C–C–N with tert-alkyl or cyclic N) is 1. The van der Waals surface area contributed by atoms with Crippen molar-refractivity contribution in [3.05, 3.63) is 0 Å². The molecular weight excluding hydrogens is 262 g/mol. The summed E-state index contributed by atoms with van der Waals surface area (Å²) in [5, 5.41) is 13.7. The summed E-state index contributed by atoms with van der Waals surface area (Å²) in [6.07, 6.45) is 3.20. The van der Waals surface area contributed by atoms with E-state index in [4.69, 9.17) is 0 Å². The van der Waals surface area contributed by atoms with Gasteiger partial charge in [-0.2, -0.15) is 0 Å². The smallest absolute Gasteiger partial charge is 0.0682 e. The van der Waals surface area contributed by atoms with Crippen LogP contribution in [0.15, 0.2) is 0 Å². The second kappa shape index (κ2) is 8.47. The van der Waals surface area contributed by atoms with Crippen LogP contribution in [0.1, 0.15) is 47.0 Å². The first-order valence-electron chi connectivity index (χ1n) is 8.56. The molecule has 0 spiro atoms. The lowest BCUT2D eigenvalue weighted by molar-refractivity contribution is 0.113. The number of hydrogen-bond acceptors (Lipinski definition) is 4. The monoisotopic (exact) mass is 299 g/mol. The number of hydrogen-bond donors (Lipinski definition) is 2. The summed E-state index contributed by atoms with van der Waals surface area (Å²) in [6, 6.07) is 1.02. The Morgan fingerprint density at radius 3 is 2.57 bits per heavy atom. The zero-order valence-electron chi connectivity index (χ0n) is 15.0. The first kappa shape index (κ1) is 18.9. The molecule has 3 unspecified atom stereocenters. The number of nitrogens with one attached hydrogen (secondary N) is 1. The standard InChI is InChI=1S/C17H37N3O/c1-7-8-17(4,12-18-14(2)3)13-20-11-16(21)9-15(20)10-19(5)6/h14-16,18,21H,7-13H2,1-6H3. The van der Waals surface area contributed by atoms with Gasteiger partial charge in [0.1, 0.15) is 0 Å². The fourth-order valence-electron chi connectivity index (χ4n) is 3.53. The minimum absolute atomic E-state index is 0.154. The topological polar surface area (TPSA) is 38.7 Å². The number of rotatable bonds is 9. The van der Waals surface area contributed by atoms with E-state index >= 15 is 0 Å². The van der Waals surface area contributed by atoms with E-state index in [9.17, 15) is 5.11 Å². The van der Waals surface area contributed by atoms with Gasteiger partial charge in [-0.3, -0.25) is 4.90 Å². The van der Waals surface area contributed by atoms with Gasteiger partial charge in [-0.25, -0.2) is 0 Å². The van der Waals surface area contributed by atoms with E-state index in [1.807, 2.05) is 0 Å². The minimum Gasteiger partial charge on any atom is -0.392 e. The number of likely N-dealkylation sites (tertiary alicyclic amines) is 1. The minimum atomic E-state index is -0.154. The molecule has 0 bridgehead atoms. The van der Waals surface area contributed by atoms with Crippen LogP contribution in [0.25, 0.3) is 0 Å². The molecule has 0 aliphatic carbocycles. The van der Waals surface area contributed by atoms with Gasteiger partial charge in [0.15, 0.2) is 0 Å². The zero-order valence-corrected chi connectivity index (χ0v) is 15.0. The van der Waals surface area contributed by atoms with Gasteiger partial charge < -0.3 is 15.3 Å². The van der Waals surface area contributed by atoms with E-state index in [0.717, 1.165) is 32.6 Å². The molecule has 1 aliphatic heterocycles. The summed E-state index contributed by atoms with van der Waals surface area (Å²) in [4.78, 5) is 4.75. The number of likely N-dealkylation sites (N-methyl/N-ethyl adjacent to an activating group) is 1. The fourth-order valence-corrected chi connectivity index (χ4v) is 3.53. The predicted molar refractivity (Wildman–Crippen MR) is 90.7 cm³/mol. The highest BCUT2D eigenvalue weighted by Gasteiger charge is 2.36. The Balaban J connectivity index is 2.66. The molecule has 0 aromatic rings. The largest absolute Gasteiger partial charge is 0.392 e. The Morgan fingerprint density at radius 2 is 2.05 bits per heavy atom. The van der Waals surface area contributed by atoms with E-state index in [-0.39, 0.29) is 11.5 Å². The van der Waals surface area contributed by atoms with Crippen LogP contribution in [-0.2, 0) is 0 Å². The molecule has 4 heteroatoms. The van der Waals surface area contributed by atoms with Crippen LogP contribution in [0.5, 0.6) is 0 Å². The van der Waals surface area contributed by atoms with Gasteiger partial charge in [0.25, 0.3) is 0 Å². The molecule has 1 rings (SSSR count). The summed E-state index contributed by atoms with van der Waals surface area (Å²) < 4.78 is 0. The maximum absolute atomic E-state index is 10.1. The van der Waals surface area contributed by atoms with Crippen LogP contribution in [0.4, 0.5) is 0 Å². The second-order valence-corrected chi connectivity index (χ2v) is 7.83. The van der Waals surface area contributed by atoms with Crippen LogP contribution < -0.4 is 5.32 Å². The van der Waals surface area contributed by atoms with E-state index in [1.54, 1.807) is 0 Å². The van der Waals surface area contributed by atoms with Gasteiger partial charge in [0.2, 0.25) is 0 Å². The molecule has 1 saturated heterocycles. The van der Waals surface area contributed by atoms with E-state index < -0.39 is 0 Å². The lowest BCUT2D eigenvalue weighted by atomic mass is 9.84. The maximum atomic E-state index is 10.1. The van der Waals surface area contributed by atoms with Gasteiger partial charge in [0.05, 0.1) is 6.10 Å². The first-order chi connectivity index (χ1) is 9.75. The van der Waals surface area contributed by atoms with Crippen molar-refractivity contribution in [3.8, 4) is 0 Å². The van der Waals surface area contributed by atoms with Gasteiger partial charge in [-0.1, -0.05) is 34.1 Å². The number of aliphatic hydroxyl groups is 1. The van der Waals surface area contributed by atoms with Crippen molar-refractivity contribution in [2.45, 2.75) is 65.1 Å². The summed E-state index contributed by atoms with van der Waals surface area (Å²) >= 11 is 0. The highest BCUT2D eigenvalue weighted by molar-refractivity contribution is 4.91. The average Bonchev–Trinajstić information content (AvgIpc) is 2.66. The van der Waals surface area contributed by atoms with E-state index in [2.05, 4.69) is 56.9 Å². The molecule has 0 aromatic heterocycles. The molecule has 21 heavy (non-hydrogen) atoms. The van der Waals surface area contributed by atoms with Gasteiger partial charge in [0, 0.05) is 38.3 Å². The molecule has 1 heterocycles. The predicted octanol–water partition coefficient (Wildman–Crippen LogP) is 1.79. The Morgan fingerprint density at radius 1 is 1.38 bits per heavy atom. The average molecular weight is 300 g/mol. The highest BCUT2D eigenvalue weighted by atomic mass is 16.3. The van der Waals surface area contributed by atoms with Crippen molar-refractivity contribution in [3.63, 3.8) is 0 Å². The molecule has 3 atom stereocenters. The van der Waals surface area contributed by atoms with Crippen LogP contribution in [0, 0.1) is 5.41 Å². The molecule has 2 N–H and O–H groups in total. The molecule has 0 saturated carbocycles. The van der Waals surface area contributed by atoms with Crippen molar-refractivity contribution < 1.29 is 5.11 Å². The summed E-state index contributed by atoms with van der Waals surface area (Å²) in [5.74, 6) is 0. The molecule has 0 aromatic carbocycles. The first-order valence-corrected chi connectivity index (χ1v) is 8.56. The normalized spacial score (nSPS) is 26.7. The Labute approximate surface area is 131 Å². The maximum Gasteiger partial charge on any atom is 0.0682 e. The second-order valence-electron chi connectivity index (χ2n) is 7.83.